The molecule has 6 heteroatoms. The van der Waals surface area contributed by atoms with Crippen molar-refractivity contribution in [3.8, 4) is 5.75 Å². The van der Waals surface area contributed by atoms with Crippen LogP contribution in [0.25, 0.3) is 10.8 Å². The number of anilines is 2. The lowest BCUT2D eigenvalue weighted by Crippen LogP contribution is -2.04. The van der Waals surface area contributed by atoms with E-state index in [1.165, 1.54) is 0 Å². The van der Waals surface area contributed by atoms with Gasteiger partial charge >= 0.3 is 0 Å². The van der Waals surface area contributed by atoms with Gasteiger partial charge in [-0.3, -0.25) is 4.55 Å². The second-order valence-electron chi connectivity index (χ2n) is 4.79. The predicted octanol–water partition coefficient (Wildman–Crippen LogP) is 3.54. The average Bonchev–Trinajstić information content (AvgIpc) is 2.47. The van der Waals surface area contributed by atoms with E-state index in [1.807, 2.05) is 6.07 Å². The van der Waals surface area contributed by atoms with Crippen LogP contribution >= 0.6 is 0 Å². The lowest BCUT2D eigenvalue weighted by atomic mass is 10.1. The minimum atomic E-state index is -4.59. The molecule has 3 aromatic carbocycles. The van der Waals surface area contributed by atoms with Crippen LogP contribution in [0.15, 0.2) is 65.6 Å². The van der Waals surface area contributed by atoms with Gasteiger partial charge in [0.05, 0.1) is 5.69 Å². The molecule has 0 heterocycles. The number of fused-ring (bicyclic) bond motifs is 1. The van der Waals surface area contributed by atoms with Crippen LogP contribution in [0.1, 0.15) is 0 Å². The molecule has 0 fully saturated rings. The smallest absolute Gasteiger partial charge is 0.300 e. The number of phenolic OH excluding ortho intramolecular Hbond substituents is 1. The Balaban J connectivity index is 2.28. The quantitative estimate of drug-likeness (QED) is 0.644. The highest BCUT2D eigenvalue weighted by molar-refractivity contribution is 7.86. The van der Waals surface area contributed by atoms with Crippen molar-refractivity contribution in [2.45, 2.75) is 4.90 Å². The SMILES string of the molecule is O=S(=O)(O)c1c(Nc2ccccc2)cc2ccccc2c1O. The first-order valence-corrected chi connectivity index (χ1v) is 7.95. The highest BCUT2D eigenvalue weighted by Crippen LogP contribution is 2.39. The standard InChI is InChI=1S/C16H13NO4S/c18-15-13-9-5-4-6-11(13)10-14(16(15)22(19,20)21)17-12-7-2-1-3-8-12/h1-10,17-18H,(H,19,20,21). The van der Waals surface area contributed by atoms with E-state index in [0.29, 0.717) is 16.5 Å². The van der Waals surface area contributed by atoms with Crippen LogP contribution in [0.5, 0.6) is 5.75 Å². The second kappa shape index (κ2) is 5.32. The van der Waals surface area contributed by atoms with Crippen molar-refractivity contribution < 1.29 is 18.1 Å². The van der Waals surface area contributed by atoms with Crippen molar-refractivity contribution in [2.24, 2.45) is 0 Å². The van der Waals surface area contributed by atoms with Gasteiger partial charge in [0.2, 0.25) is 0 Å². The number of para-hydroxylation sites is 1. The minimum Gasteiger partial charge on any atom is -0.506 e. The Morgan fingerprint density at radius 3 is 2.23 bits per heavy atom. The molecule has 3 N–H and O–H groups in total. The molecule has 3 rings (SSSR count). The Hall–Kier alpha value is -2.57. The molecule has 0 atom stereocenters. The van der Waals surface area contributed by atoms with Crippen LogP contribution in [-0.4, -0.2) is 18.1 Å². The van der Waals surface area contributed by atoms with E-state index >= 15 is 0 Å². The highest BCUT2D eigenvalue weighted by Gasteiger charge is 2.23. The van der Waals surface area contributed by atoms with Crippen LogP contribution in [0, 0.1) is 0 Å². The monoisotopic (exact) mass is 315 g/mol. The summed E-state index contributed by atoms with van der Waals surface area (Å²) in [7, 11) is -4.59. The molecule has 0 radical (unpaired) electrons. The fraction of sp³-hybridized carbons (Fsp3) is 0. The molecule has 0 bridgehead atoms. The van der Waals surface area contributed by atoms with Crippen molar-refractivity contribution >= 4 is 32.3 Å². The van der Waals surface area contributed by atoms with E-state index in [2.05, 4.69) is 5.32 Å². The number of phenols is 1. The number of aromatic hydroxyl groups is 1. The van der Waals surface area contributed by atoms with Gasteiger partial charge in [-0.15, -0.1) is 0 Å². The summed E-state index contributed by atoms with van der Waals surface area (Å²) < 4.78 is 32.8. The molecule has 0 aliphatic rings. The van der Waals surface area contributed by atoms with Crippen molar-refractivity contribution in [1.29, 1.82) is 0 Å². The highest BCUT2D eigenvalue weighted by atomic mass is 32.2. The summed E-state index contributed by atoms with van der Waals surface area (Å²) in [5.41, 5.74) is 0.756. The Labute approximate surface area is 127 Å². The number of nitrogens with one attached hydrogen (secondary N) is 1. The predicted molar refractivity (Wildman–Crippen MR) is 85.2 cm³/mol. The van der Waals surface area contributed by atoms with Crippen molar-refractivity contribution in [1.82, 2.24) is 0 Å². The summed E-state index contributed by atoms with van der Waals surface area (Å²) in [4.78, 5) is -0.532. The van der Waals surface area contributed by atoms with E-state index in [4.69, 9.17) is 0 Å². The zero-order valence-corrected chi connectivity index (χ0v) is 12.2. The van der Waals surface area contributed by atoms with Gasteiger partial charge in [-0.1, -0.05) is 42.5 Å². The maximum Gasteiger partial charge on any atom is 0.300 e. The molecule has 0 unspecified atom stereocenters. The topological polar surface area (TPSA) is 86.6 Å². The first-order valence-electron chi connectivity index (χ1n) is 6.51. The third-order valence-electron chi connectivity index (χ3n) is 3.29. The van der Waals surface area contributed by atoms with E-state index < -0.39 is 20.8 Å². The van der Waals surface area contributed by atoms with Gasteiger partial charge in [0.25, 0.3) is 10.1 Å². The minimum absolute atomic E-state index is 0.116. The van der Waals surface area contributed by atoms with Crippen LogP contribution in [0.4, 0.5) is 11.4 Å². The first-order chi connectivity index (χ1) is 10.5. The second-order valence-corrected chi connectivity index (χ2v) is 6.15. The number of benzene rings is 3. The van der Waals surface area contributed by atoms with Crippen molar-refractivity contribution in [3.63, 3.8) is 0 Å². The molecule has 5 nitrogen and oxygen atoms in total. The lowest BCUT2D eigenvalue weighted by molar-refractivity contribution is 0.449. The third kappa shape index (κ3) is 2.61. The van der Waals surface area contributed by atoms with Gasteiger partial charge in [0.1, 0.15) is 5.75 Å². The van der Waals surface area contributed by atoms with E-state index in [-0.39, 0.29) is 5.69 Å². The Morgan fingerprint density at radius 1 is 0.909 bits per heavy atom. The van der Waals surface area contributed by atoms with E-state index in [1.54, 1.807) is 54.6 Å². The molecular formula is C16H13NO4S. The fourth-order valence-electron chi connectivity index (χ4n) is 2.34. The Kier molecular flexibility index (Phi) is 3.48. The van der Waals surface area contributed by atoms with Crippen LogP contribution in [0.3, 0.4) is 0 Å². The molecule has 0 spiro atoms. The maximum atomic E-state index is 11.7. The molecule has 22 heavy (non-hydrogen) atoms. The molecule has 0 saturated heterocycles. The molecule has 112 valence electrons. The van der Waals surface area contributed by atoms with E-state index in [9.17, 15) is 18.1 Å². The van der Waals surface area contributed by atoms with Crippen molar-refractivity contribution in [2.75, 3.05) is 5.32 Å². The summed E-state index contributed by atoms with van der Waals surface area (Å²) in [6, 6.07) is 17.3. The summed E-state index contributed by atoms with van der Waals surface area (Å²) in [6.45, 7) is 0. The third-order valence-corrected chi connectivity index (χ3v) is 4.22. The fourth-order valence-corrected chi connectivity index (χ4v) is 3.08. The zero-order chi connectivity index (χ0) is 15.7. The molecule has 3 aromatic rings. The van der Waals surface area contributed by atoms with Gasteiger partial charge in [-0.2, -0.15) is 8.42 Å². The van der Waals surface area contributed by atoms with Gasteiger partial charge < -0.3 is 10.4 Å². The molecule has 0 aromatic heterocycles. The van der Waals surface area contributed by atoms with Crippen LogP contribution in [-0.2, 0) is 10.1 Å². The Bertz CT molecular complexity index is 937. The Morgan fingerprint density at radius 2 is 1.55 bits per heavy atom. The normalized spacial score (nSPS) is 11.5. The number of hydrogen-bond acceptors (Lipinski definition) is 4. The molecule has 0 aliphatic heterocycles. The largest absolute Gasteiger partial charge is 0.506 e. The number of hydrogen-bond donors (Lipinski definition) is 3. The summed E-state index contributed by atoms with van der Waals surface area (Å²) in [5, 5.41) is 14.2. The zero-order valence-electron chi connectivity index (χ0n) is 11.4. The molecule has 0 saturated carbocycles. The molecule has 0 amide bonds. The van der Waals surface area contributed by atoms with Gasteiger partial charge in [-0.05, 0) is 23.6 Å². The van der Waals surface area contributed by atoms with E-state index in [0.717, 1.165) is 0 Å². The number of rotatable bonds is 3. The molecule has 0 aliphatic carbocycles. The lowest BCUT2D eigenvalue weighted by Gasteiger charge is -2.14. The maximum absolute atomic E-state index is 11.7. The van der Waals surface area contributed by atoms with Gasteiger partial charge in [-0.25, -0.2) is 0 Å². The summed E-state index contributed by atoms with van der Waals surface area (Å²) in [5.74, 6) is -0.473. The van der Waals surface area contributed by atoms with Crippen LogP contribution < -0.4 is 5.32 Å². The summed E-state index contributed by atoms with van der Waals surface area (Å²) >= 11 is 0. The molecular weight excluding hydrogens is 302 g/mol. The van der Waals surface area contributed by atoms with Gasteiger partial charge in [0, 0.05) is 11.1 Å². The average molecular weight is 315 g/mol. The summed E-state index contributed by atoms with van der Waals surface area (Å²) in [6.07, 6.45) is 0. The van der Waals surface area contributed by atoms with Crippen LogP contribution in [0.2, 0.25) is 0 Å². The van der Waals surface area contributed by atoms with Gasteiger partial charge in [0.15, 0.2) is 4.90 Å². The van der Waals surface area contributed by atoms with Crippen molar-refractivity contribution in [3.05, 3.63) is 60.7 Å². The first kappa shape index (κ1) is 14.4.